The molecule has 4 rings (SSSR count). The van der Waals surface area contributed by atoms with E-state index in [2.05, 4.69) is 11.4 Å². The Morgan fingerprint density at radius 1 is 1.12 bits per heavy atom. The van der Waals surface area contributed by atoms with Crippen molar-refractivity contribution in [1.82, 2.24) is 9.78 Å². The predicted octanol–water partition coefficient (Wildman–Crippen LogP) is 4.95. The molecule has 4 nitrogen and oxygen atoms in total. The maximum atomic E-state index is 6.44. The number of fused-ring (bicyclic) bond motifs is 1. The summed E-state index contributed by atoms with van der Waals surface area (Å²) < 4.78 is 7.33. The molecule has 1 aliphatic rings. The number of para-hydroxylation sites is 1. The van der Waals surface area contributed by atoms with Crippen LogP contribution in [0.5, 0.6) is 5.75 Å². The first-order chi connectivity index (χ1) is 12.3. The summed E-state index contributed by atoms with van der Waals surface area (Å²) in [4.78, 5) is 0. The van der Waals surface area contributed by atoms with Crippen LogP contribution in [0.2, 0.25) is 5.02 Å². The maximum absolute atomic E-state index is 6.44. The van der Waals surface area contributed by atoms with E-state index in [1.165, 1.54) is 5.56 Å². The van der Waals surface area contributed by atoms with Crippen LogP contribution in [0.4, 0.5) is 5.82 Å². The lowest BCUT2D eigenvalue weighted by molar-refractivity contribution is 0.415. The minimum absolute atomic E-state index is 0.691. The van der Waals surface area contributed by atoms with Crippen molar-refractivity contribution in [2.24, 2.45) is 0 Å². The molecule has 2 heterocycles. The van der Waals surface area contributed by atoms with Crippen LogP contribution in [0, 0.1) is 0 Å². The summed E-state index contributed by atoms with van der Waals surface area (Å²) in [7, 11) is 1.68. The third-order valence-corrected chi connectivity index (χ3v) is 4.87. The third kappa shape index (κ3) is 2.98. The third-order valence-electron chi connectivity index (χ3n) is 4.55. The van der Waals surface area contributed by atoms with Crippen LogP contribution in [-0.2, 0) is 6.42 Å². The van der Waals surface area contributed by atoms with E-state index in [9.17, 15) is 0 Å². The second-order valence-electron chi connectivity index (χ2n) is 6.15. The van der Waals surface area contributed by atoms with Crippen LogP contribution in [0.3, 0.4) is 0 Å². The number of anilines is 1. The molecule has 0 aliphatic carbocycles. The van der Waals surface area contributed by atoms with E-state index in [0.717, 1.165) is 54.3 Å². The first-order valence-electron chi connectivity index (χ1n) is 8.53. The zero-order valence-corrected chi connectivity index (χ0v) is 14.9. The molecule has 1 aromatic heterocycles. The van der Waals surface area contributed by atoms with E-state index in [4.69, 9.17) is 21.4 Å². The standard InChI is InChI=1S/C20H20ClN3O/c1-25-15-8-6-7-14(13-15)19-16-9-4-5-12-22-20(16)24(23-19)18-11-3-2-10-17(18)21/h2-3,6-8,10-11,13,22H,4-5,9,12H2,1H3. The van der Waals surface area contributed by atoms with Gasteiger partial charge in [-0.2, -0.15) is 5.10 Å². The fourth-order valence-corrected chi connectivity index (χ4v) is 3.52. The van der Waals surface area contributed by atoms with E-state index in [1.54, 1.807) is 7.11 Å². The quantitative estimate of drug-likeness (QED) is 0.724. The molecule has 0 bridgehead atoms. The van der Waals surface area contributed by atoms with Crippen molar-refractivity contribution in [2.75, 3.05) is 19.0 Å². The number of halogens is 1. The Morgan fingerprint density at radius 3 is 2.84 bits per heavy atom. The second-order valence-corrected chi connectivity index (χ2v) is 6.56. The van der Waals surface area contributed by atoms with Gasteiger partial charge in [-0.1, -0.05) is 35.9 Å². The van der Waals surface area contributed by atoms with Crippen molar-refractivity contribution in [3.8, 4) is 22.7 Å². The number of ether oxygens (including phenoxy) is 1. The SMILES string of the molecule is COc1cccc(-c2nn(-c3ccccc3Cl)c3c2CCCCN3)c1. The van der Waals surface area contributed by atoms with Crippen molar-refractivity contribution in [2.45, 2.75) is 19.3 Å². The lowest BCUT2D eigenvalue weighted by Gasteiger charge is -2.10. The molecule has 5 heteroatoms. The summed E-state index contributed by atoms with van der Waals surface area (Å²) >= 11 is 6.44. The first-order valence-corrected chi connectivity index (χ1v) is 8.91. The lowest BCUT2D eigenvalue weighted by atomic mass is 10.0. The number of nitrogens with one attached hydrogen (secondary N) is 1. The first kappa shape index (κ1) is 16.0. The molecule has 0 unspecified atom stereocenters. The van der Waals surface area contributed by atoms with Gasteiger partial charge in [-0.25, -0.2) is 4.68 Å². The van der Waals surface area contributed by atoms with E-state index in [-0.39, 0.29) is 0 Å². The number of aromatic nitrogens is 2. The van der Waals surface area contributed by atoms with Gasteiger partial charge in [0.05, 0.1) is 23.5 Å². The van der Waals surface area contributed by atoms with Crippen LogP contribution in [-0.4, -0.2) is 23.4 Å². The van der Waals surface area contributed by atoms with Gasteiger partial charge in [-0.05, 0) is 43.5 Å². The molecule has 1 aliphatic heterocycles. The topological polar surface area (TPSA) is 39.1 Å². The van der Waals surface area contributed by atoms with Crippen molar-refractivity contribution < 1.29 is 4.74 Å². The Kier molecular flexibility index (Phi) is 4.36. The average molecular weight is 354 g/mol. The van der Waals surface area contributed by atoms with Gasteiger partial charge in [0.2, 0.25) is 0 Å². The Bertz CT molecular complexity index is 904. The molecule has 0 saturated carbocycles. The van der Waals surface area contributed by atoms with E-state index < -0.39 is 0 Å². The highest BCUT2D eigenvalue weighted by atomic mass is 35.5. The summed E-state index contributed by atoms with van der Waals surface area (Å²) in [5.74, 6) is 1.88. The second kappa shape index (κ2) is 6.81. The van der Waals surface area contributed by atoms with Crippen LogP contribution >= 0.6 is 11.6 Å². The fourth-order valence-electron chi connectivity index (χ4n) is 3.30. The molecule has 0 radical (unpaired) electrons. The molecule has 3 aromatic rings. The van der Waals surface area contributed by atoms with Crippen LogP contribution < -0.4 is 10.1 Å². The Balaban J connectivity index is 1.92. The smallest absolute Gasteiger partial charge is 0.133 e. The van der Waals surface area contributed by atoms with Gasteiger partial charge in [0, 0.05) is 17.7 Å². The van der Waals surface area contributed by atoms with Crippen LogP contribution in [0.25, 0.3) is 16.9 Å². The lowest BCUT2D eigenvalue weighted by Crippen LogP contribution is -2.07. The summed E-state index contributed by atoms with van der Waals surface area (Å²) in [6.45, 7) is 0.945. The van der Waals surface area contributed by atoms with Crippen molar-refractivity contribution in [3.63, 3.8) is 0 Å². The van der Waals surface area contributed by atoms with Crippen molar-refractivity contribution in [1.29, 1.82) is 0 Å². The Labute approximate surface area is 152 Å². The van der Waals surface area contributed by atoms with Crippen LogP contribution in [0.1, 0.15) is 18.4 Å². The number of benzene rings is 2. The minimum Gasteiger partial charge on any atom is -0.497 e. The molecule has 2 aromatic carbocycles. The van der Waals surface area contributed by atoms with Gasteiger partial charge in [0.15, 0.2) is 0 Å². The molecule has 0 spiro atoms. The highest BCUT2D eigenvalue weighted by Gasteiger charge is 2.22. The van der Waals surface area contributed by atoms with Gasteiger partial charge in [-0.15, -0.1) is 0 Å². The molecule has 0 fully saturated rings. The van der Waals surface area contributed by atoms with Crippen LogP contribution in [0.15, 0.2) is 48.5 Å². The van der Waals surface area contributed by atoms with Crippen molar-refractivity contribution >= 4 is 17.4 Å². The molecule has 1 N–H and O–H groups in total. The normalized spacial score (nSPS) is 13.7. The maximum Gasteiger partial charge on any atom is 0.133 e. The fraction of sp³-hybridized carbons (Fsp3) is 0.250. The number of rotatable bonds is 3. The summed E-state index contributed by atoms with van der Waals surface area (Å²) in [6, 6.07) is 15.9. The largest absolute Gasteiger partial charge is 0.497 e. The van der Waals surface area contributed by atoms with Gasteiger partial charge in [0.25, 0.3) is 0 Å². The molecule has 0 saturated heterocycles. The summed E-state index contributed by atoms with van der Waals surface area (Å²) in [5.41, 5.74) is 4.18. The summed E-state index contributed by atoms with van der Waals surface area (Å²) in [6.07, 6.45) is 3.29. The number of nitrogens with zero attached hydrogens (tertiary/aromatic N) is 2. The highest BCUT2D eigenvalue weighted by Crippen LogP contribution is 2.36. The predicted molar refractivity (Wildman–Crippen MR) is 102 cm³/mol. The number of hydrogen-bond donors (Lipinski definition) is 1. The Morgan fingerprint density at radius 2 is 2.00 bits per heavy atom. The number of hydrogen-bond acceptors (Lipinski definition) is 3. The zero-order chi connectivity index (χ0) is 17.2. The zero-order valence-electron chi connectivity index (χ0n) is 14.1. The molecule has 25 heavy (non-hydrogen) atoms. The molecule has 128 valence electrons. The van der Waals surface area contributed by atoms with Gasteiger partial charge < -0.3 is 10.1 Å². The number of methoxy groups -OCH3 is 1. The van der Waals surface area contributed by atoms with Gasteiger partial charge in [-0.3, -0.25) is 0 Å². The minimum atomic E-state index is 0.691. The van der Waals surface area contributed by atoms with E-state index >= 15 is 0 Å². The van der Waals surface area contributed by atoms with E-state index in [0.29, 0.717) is 5.02 Å². The highest BCUT2D eigenvalue weighted by molar-refractivity contribution is 6.32. The monoisotopic (exact) mass is 353 g/mol. The molecular formula is C20H20ClN3O. The molecule has 0 amide bonds. The van der Waals surface area contributed by atoms with Gasteiger partial charge >= 0.3 is 0 Å². The van der Waals surface area contributed by atoms with Gasteiger partial charge in [0.1, 0.15) is 11.6 Å². The van der Waals surface area contributed by atoms with Crippen molar-refractivity contribution in [3.05, 3.63) is 59.1 Å². The van der Waals surface area contributed by atoms with E-state index in [1.807, 2.05) is 47.1 Å². The average Bonchev–Trinajstić information content (AvgIpc) is 2.83. The summed E-state index contributed by atoms with van der Waals surface area (Å²) in [5, 5.41) is 9.16. The molecule has 0 atom stereocenters. The Hall–Kier alpha value is -2.46. The molecular weight excluding hydrogens is 334 g/mol.